The third-order valence-electron chi connectivity index (χ3n) is 5.41. The fraction of sp³-hybridized carbons (Fsp3) is 0.182. The molecule has 0 saturated carbocycles. The van der Waals surface area contributed by atoms with Crippen LogP contribution in [0.4, 0.5) is 5.69 Å². The zero-order chi connectivity index (χ0) is 21.7. The molecular formula is C22H18N4O4S. The summed E-state index contributed by atoms with van der Waals surface area (Å²) in [5.74, 6) is -1.25. The summed E-state index contributed by atoms with van der Waals surface area (Å²) in [7, 11) is 1.48. The number of aromatic nitrogens is 3. The second-order valence-corrected chi connectivity index (χ2v) is 8.26. The van der Waals surface area contributed by atoms with Crippen LogP contribution in [0.3, 0.4) is 0 Å². The molecule has 0 aliphatic carbocycles. The number of thiazole rings is 1. The summed E-state index contributed by atoms with van der Waals surface area (Å²) in [5.41, 5.74) is 1.62. The van der Waals surface area contributed by atoms with E-state index in [2.05, 4.69) is 10.1 Å². The largest absolute Gasteiger partial charge is 0.495 e. The maximum atomic E-state index is 13.3. The molecule has 0 unspecified atom stereocenters. The van der Waals surface area contributed by atoms with E-state index in [1.807, 2.05) is 24.3 Å². The summed E-state index contributed by atoms with van der Waals surface area (Å²) in [6.07, 6.45) is -0.0787. The molecule has 1 atom stereocenters. The highest BCUT2D eigenvalue weighted by Gasteiger charge is 2.44. The molecular weight excluding hydrogens is 416 g/mol. The Kier molecular flexibility index (Phi) is 4.48. The Morgan fingerprint density at radius 2 is 1.84 bits per heavy atom. The molecule has 2 aromatic carbocycles. The number of para-hydroxylation sites is 3. The number of anilines is 1. The van der Waals surface area contributed by atoms with Gasteiger partial charge in [0, 0.05) is 12.1 Å². The minimum Gasteiger partial charge on any atom is -0.495 e. The monoisotopic (exact) mass is 434 g/mol. The first-order valence-electron chi connectivity index (χ1n) is 9.67. The van der Waals surface area contributed by atoms with E-state index in [9.17, 15) is 14.4 Å². The number of hydrogen-bond donors (Lipinski definition) is 1. The molecule has 156 valence electrons. The van der Waals surface area contributed by atoms with E-state index in [1.54, 1.807) is 31.2 Å². The number of fused-ring (bicyclic) bond motifs is 1. The number of carbonyl (C=O) groups excluding carboxylic acids is 2. The van der Waals surface area contributed by atoms with Gasteiger partial charge in [-0.25, -0.2) is 9.88 Å². The van der Waals surface area contributed by atoms with E-state index in [4.69, 9.17) is 4.74 Å². The number of benzene rings is 2. The van der Waals surface area contributed by atoms with E-state index >= 15 is 0 Å². The maximum Gasteiger partial charge on any atom is 0.277 e. The van der Waals surface area contributed by atoms with Gasteiger partial charge in [-0.3, -0.25) is 19.5 Å². The van der Waals surface area contributed by atoms with E-state index in [0.717, 1.165) is 15.1 Å². The van der Waals surface area contributed by atoms with Crippen molar-refractivity contribution >= 4 is 39.1 Å². The van der Waals surface area contributed by atoms with Crippen molar-refractivity contribution in [2.45, 2.75) is 19.3 Å². The van der Waals surface area contributed by atoms with Crippen LogP contribution in [0.5, 0.6) is 5.75 Å². The van der Waals surface area contributed by atoms with Crippen LogP contribution in [-0.4, -0.2) is 33.7 Å². The number of aryl methyl sites for hydroxylation is 1. The number of methoxy groups -OCH3 is 1. The Bertz CT molecular complexity index is 1370. The molecule has 2 aromatic heterocycles. The van der Waals surface area contributed by atoms with Crippen LogP contribution < -0.4 is 15.2 Å². The van der Waals surface area contributed by atoms with Crippen LogP contribution >= 0.6 is 11.3 Å². The number of carbonyl (C=O) groups is 2. The van der Waals surface area contributed by atoms with Gasteiger partial charge in [-0.15, -0.1) is 0 Å². The van der Waals surface area contributed by atoms with E-state index in [0.29, 0.717) is 22.3 Å². The highest BCUT2D eigenvalue weighted by molar-refractivity contribution is 7.20. The van der Waals surface area contributed by atoms with Gasteiger partial charge in [0.05, 0.1) is 34.5 Å². The Morgan fingerprint density at radius 1 is 1.10 bits per heavy atom. The third-order valence-corrected chi connectivity index (χ3v) is 6.43. The molecule has 31 heavy (non-hydrogen) atoms. The Balaban J connectivity index is 1.56. The van der Waals surface area contributed by atoms with Gasteiger partial charge in [0.1, 0.15) is 5.75 Å². The minimum atomic E-state index is -0.864. The maximum absolute atomic E-state index is 13.3. The molecule has 0 radical (unpaired) electrons. The number of nitrogens with zero attached hydrogens (tertiary/aromatic N) is 3. The summed E-state index contributed by atoms with van der Waals surface area (Å²) in [6.45, 7) is 1.73. The third kappa shape index (κ3) is 2.97. The molecule has 1 N–H and O–H groups in total. The fourth-order valence-corrected chi connectivity index (χ4v) is 4.91. The number of imide groups is 1. The zero-order valence-corrected chi connectivity index (χ0v) is 17.6. The SMILES string of the molecule is COc1ccccc1N1C(=O)C[C@H](c2c(C)[nH]n(-c3nc4ccccc4s3)c2=O)C1=O. The second-order valence-electron chi connectivity index (χ2n) is 7.25. The average molecular weight is 434 g/mol. The fourth-order valence-electron chi connectivity index (χ4n) is 3.99. The lowest BCUT2D eigenvalue weighted by atomic mass is 9.98. The first-order valence-corrected chi connectivity index (χ1v) is 10.5. The van der Waals surface area contributed by atoms with Gasteiger partial charge in [0.2, 0.25) is 16.9 Å². The van der Waals surface area contributed by atoms with Crippen LogP contribution in [0.15, 0.2) is 53.3 Å². The number of hydrogen-bond acceptors (Lipinski definition) is 6. The van der Waals surface area contributed by atoms with Crippen molar-refractivity contribution in [2.24, 2.45) is 0 Å². The number of amides is 2. The molecule has 2 amide bonds. The summed E-state index contributed by atoms with van der Waals surface area (Å²) >= 11 is 1.37. The molecule has 9 heteroatoms. The summed E-state index contributed by atoms with van der Waals surface area (Å²) < 4.78 is 7.61. The first kappa shape index (κ1) is 19.3. The zero-order valence-electron chi connectivity index (χ0n) is 16.8. The molecule has 8 nitrogen and oxygen atoms in total. The molecule has 0 bridgehead atoms. The van der Waals surface area contributed by atoms with Gasteiger partial charge in [-0.2, -0.15) is 4.68 Å². The van der Waals surface area contributed by atoms with Gasteiger partial charge in [-0.05, 0) is 31.2 Å². The van der Waals surface area contributed by atoms with Crippen molar-refractivity contribution < 1.29 is 14.3 Å². The lowest BCUT2D eigenvalue weighted by molar-refractivity contribution is -0.121. The van der Waals surface area contributed by atoms with Gasteiger partial charge < -0.3 is 4.74 Å². The Labute approximate surface area is 180 Å². The topological polar surface area (TPSA) is 97.3 Å². The summed E-state index contributed by atoms with van der Waals surface area (Å²) in [6, 6.07) is 14.4. The lowest BCUT2D eigenvalue weighted by Crippen LogP contribution is -2.31. The van der Waals surface area contributed by atoms with Gasteiger partial charge in [0.15, 0.2) is 0 Å². The van der Waals surface area contributed by atoms with Crippen molar-refractivity contribution in [3.8, 4) is 10.9 Å². The summed E-state index contributed by atoms with van der Waals surface area (Å²) in [5, 5.41) is 3.51. The number of rotatable bonds is 4. The second kappa shape index (κ2) is 7.21. The van der Waals surface area contributed by atoms with E-state index in [-0.39, 0.29) is 23.5 Å². The molecule has 1 aliphatic rings. The summed E-state index contributed by atoms with van der Waals surface area (Å²) in [4.78, 5) is 44.9. The Hall–Kier alpha value is -3.72. The van der Waals surface area contributed by atoms with Crippen molar-refractivity contribution in [1.29, 1.82) is 0 Å². The highest BCUT2D eigenvalue weighted by atomic mass is 32.1. The van der Waals surface area contributed by atoms with Crippen LogP contribution in [0.25, 0.3) is 15.3 Å². The minimum absolute atomic E-state index is 0.0787. The molecule has 1 aliphatic heterocycles. The molecule has 0 spiro atoms. The number of ether oxygens (including phenoxy) is 1. The van der Waals surface area contributed by atoms with E-state index in [1.165, 1.54) is 23.1 Å². The van der Waals surface area contributed by atoms with Gasteiger partial charge in [0.25, 0.3) is 5.56 Å². The molecule has 1 fully saturated rings. The van der Waals surface area contributed by atoms with Crippen molar-refractivity contribution in [1.82, 2.24) is 14.8 Å². The van der Waals surface area contributed by atoms with Crippen LogP contribution in [0, 0.1) is 6.92 Å². The van der Waals surface area contributed by atoms with E-state index < -0.39 is 11.8 Å². The quantitative estimate of drug-likeness (QED) is 0.498. The standard InChI is InChI=1S/C22H18N4O4S/c1-12-19(21(29)26(24-12)22-23-14-7-3-6-10-17(14)31-22)13-11-18(27)25(20(13)28)15-8-4-5-9-16(15)30-2/h3-10,13,24H,11H2,1-2H3/t13-/m1/s1. The van der Waals surface area contributed by atoms with Crippen LogP contribution in [0.2, 0.25) is 0 Å². The van der Waals surface area contributed by atoms with Crippen LogP contribution in [-0.2, 0) is 9.59 Å². The number of aromatic amines is 1. The predicted octanol–water partition coefficient (Wildman–Crippen LogP) is 3.14. The van der Waals surface area contributed by atoms with Crippen molar-refractivity contribution in [3.05, 3.63) is 70.1 Å². The molecule has 1 saturated heterocycles. The predicted molar refractivity (Wildman–Crippen MR) is 117 cm³/mol. The molecule has 4 aromatic rings. The molecule has 5 rings (SSSR count). The normalized spacial score (nSPS) is 16.5. The molecule has 3 heterocycles. The Morgan fingerprint density at radius 3 is 2.61 bits per heavy atom. The van der Waals surface area contributed by atoms with Gasteiger partial charge >= 0.3 is 0 Å². The highest BCUT2D eigenvalue weighted by Crippen LogP contribution is 2.37. The van der Waals surface area contributed by atoms with Crippen LogP contribution in [0.1, 0.15) is 23.6 Å². The van der Waals surface area contributed by atoms with Crippen molar-refractivity contribution in [2.75, 3.05) is 12.0 Å². The first-order chi connectivity index (χ1) is 15.0. The number of nitrogens with one attached hydrogen (secondary N) is 1. The smallest absolute Gasteiger partial charge is 0.277 e. The average Bonchev–Trinajstić information content (AvgIpc) is 3.41. The van der Waals surface area contributed by atoms with Gasteiger partial charge in [-0.1, -0.05) is 35.6 Å². The van der Waals surface area contributed by atoms with Crippen molar-refractivity contribution in [3.63, 3.8) is 0 Å². The number of H-pyrrole nitrogens is 1. The lowest BCUT2D eigenvalue weighted by Gasteiger charge is -2.17.